The maximum Gasteiger partial charge on any atom is 0.233 e. The molecule has 1 fully saturated rings. The lowest BCUT2D eigenvalue weighted by Gasteiger charge is -2.27. The summed E-state index contributed by atoms with van der Waals surface area (Å²) in [5.74, 6) is 1.66. The molecule has 2 heterocycles. The van der Waals surface area contributed by atoms with E-state index in [1.54, 1.807) is 12.0 Å². The van der Waals surface area contributed by atoms with Crippen LogP contribution in [0.4, 0.5) is 11.5 Å². The van der Waals surface area contributed by atoms with Gasteiger partial charge in [0, 0.05) is 42.0 Å². The third-order valence-corrected chi connectivity index (χ3v) is 6.58. The van der Waals surface area contributed by atoms with Crippen molar-refractivity contribution in [3.63, 3.8) is 0 Å². The van der Waals surface area contributed by atoms with Crippen LogP contribution in [0.1, 0.15) is 33.6 Å². The fourth-order valence-electron chi connectivity index (χ4n) is 4.33. The highest BCUT2D eigenvalue weighted by Gasteiger charge is 2.27. The van der Waals surface area contributed by atoms with E-state index in [0.29, 0.717) is 41.2 Å². The Hall–Kier alpha value is -2.75. The van der Waals surface area contributed by atoms with Gasteiger partial charge in [-0.05, 0) is 36.1 Å². The molecule has 9 heteroatoms. The second-order valence-corrected chi connectivity index (χ2v) is 11.2. The molecule has 1 aliphatic heterocycles. The van der Waals surface area contributed by atoms with Crippen LogP contribution < -0.4 is 14.4 Å². The number of halogens is 1. The molecule has 1 aliphatic rings. The first kappa shape index (κ1) is 27.3. The molecule has 0 bridgehead atoms. The lowest BCUT2D eigenvalue weighted by Crippen LogP contribution is -2.37. The van der Waals surface area contributed by atoms with Crippen molar-refractivity contribution in [3.8, 4) is 11.5 Å². The number of amides is 1. The van der Waals surface area contributed by atoms with E-state index in [9.17, 15) is 4.79 Å². The predicted molar refractivity (Wildman–Crippen MR) is 149 cm³/mol. The first-order valence-electron chi connectivity index (χ1n) is 12.6. The van der Waals surface area contributed by atoms with Crippen LogP contribution in [0.2, 0.25) is 0 Å². The van der Waals surface area contributed by atoms with E-state index >= 15 is 0 Å². The van der Waals surface area contributed by atoms with Crippen LogP contribution in [0.15, 0.2) is 47.2 Å². The maximum atomic E-state index is 13.7. The minimum atomic E-state index is -0.192. The van der Waals surface area contributed by atoms with E-state index in [2.05, 4.69) is 51.6 Å². The highest BCUT2D eigenvalue weighted by Crippen LogP contribution is 2.38. The predicted octanol–water partition coefficient (Wildman–Crippen LogP) is 5.60. The Morgan fingerprint density at radius 1 is 1.14 bits per heavy atom. The van der Waals surface area contributed by atoms with Gasteiger partial charge in [-0.3, -0.25) is 14.6 Å². The third kappa shape index (κ3) is 7.18. The van der Waals surface area contributed by atoms with Crippen molar-refractivity contribution in [1.82, 2.24) is 14.9 Å². The summed E-state index contributed by atoms with van der Waals surface area (Å²) in [6, 6.07) is 11.4. The second kappa shape index (κ2) is 12.2. The number of rotatable bonds is 9. The second-order valence-electron chi connectivity index (χ2n) is 10.3. The maximum absolute atomic E-state index is 13.7. The zero-order valence-electron chi connectivity index (χ0n) is 22.0. The molecular formula is C28H35BrN4O4. The molecule has 0 aliphatic carbocycles. The molecule has 1 aromatic heterocycles. The first-order valence-corrected chi connectivity index (χ1v) is 13.4. The van der Waals surface area contributed by atoms with E-state index in [0.717, 1.165) is 49.4 Å². The third-order valence-electron chi connectivity index (χ3n) is 6.09. The molecule has 2 aromatic carbocycles. The Kier molecular flexibility index (Phi) is 9.00. The van der Waals surface area contributed by atoms with Gasteiger partial charge < -0.3 is 14.2 Å². The Balaban J connectivity index is 1.67. The molecule has 37 heavy (non-hydrogen) atoms. The molecule has 8 nitrogen and oxygen atoms in total. The fourth-order valence-corrected chi connectivity index (χ4v) is 4.72. The topological polar surface area (TPSA) is 77.0 Å². The smallest absolute Gasteiger partial charge is 0.233 e. The lowest BCUT2D eigenvalue weighted by molar-refractivity contribution is -0.119. The molecule has 0 unspecified atom stereocenters. The molecule has 1 amide bonds. The lowest BCUT2D eigenvalue weighted by atomic mass is 9.91. The van der Waals surface area contributed by atoms with Gasteiger partial charge in [-0.1, -0.05) is 42.8 Å². The summed E-state index contributed by atoms with van der Waals surface area (Å²) in [5.41, 5.74) is 1.21. The molecule has 198 valence electrons. The summed E-state index contributed by atoms with van der Waals surface area (Å²) in [6.45, 7) is 11.1. The number of anilines is 2. The minimum absolute atomic E-state index is 0.0469. The van der Waals surface area contributed by atoms with Crippen LogP contribution in [0.25, 0.3) is 10.9 Å². The normalized spacial score (nSPS) is 14.5. The number of carbonyl (C=O) groups excluding carboxylic acids is 1. The molecule has 1 saturated heterocycles. The van der Waals surface area contributed by atoms with Crippen LogP contribution in [0.5, 0.6) is 11.5 Å². The standard InChI is InChI=1S/C28H35BrN4O4/c1-28(2,3)18-26(34)33(21-8-5-7-20(29)15-21)27-22-16-25(24(35-4)17-23(22)30-19-31-27)37-12-6-9-32-10-13-36-14-11-32/h5,7-8,15-17,19H,6,9-14,18H2,1-4H3. The summed E-state index contributed by atoms with van der Waals surface area (Å²) in [6.07, 6.45) is 2.72. The summed E-state index contributed by atoms with van der Waals surface area (Å²) >= 11 is 3.54. The molecule has 0 spiro atoms. The monoisotopic (exact) mass is 570 g/mol. The van der Waals surface area contributed by atoms with E-state index in [1.807, 2.05) is 36.4 Å². The van der Waals surface area contributed by atoms with Gasteiger partial charge >= 0.3 is 0 Å². The fraction of sp³-hybridized carbons (Fsp3) is 0.464. The van der Waals surface area contributed by atoms with E-state index < -0.39 is 0 Å². The Morgan fingerprint density at radius 2 is 1.92 bits per heavy atom. The summed E-state index contributed by atoms with van der Waals surface area (Å²) < 4.78 is 18.1. The first-order chi connectivity index (χ1) is 17.7. The quantitative estimate of drug-likeness (QED) is 0.310. The zero-order chi connectivity index (χ0) is 26.4. The number of carbonyl (C=O) groups is 1. The number of morpholine rings is 1. The average molecular weight is 572 g/mol. The number of methoxy groups -OCH3 is 1. The highest BCUT2D eigenvalue weighted by molar-refractivity contribution is 9.10. The van der Waals surface area contributed by atoms with Crippen molar-refractivity contribution in [3.05, 3.63) is 47.2 Å². The SMILES string of the molecule is COc1cc2ncnc(N(C(=O)CC(C)(C)C)c3cccc(Br)c3)c2cc1OCCCN1CCOCC1. The molecule has 0 N–H and O–H groups in total. The number of nitrogens with zero attached hydrogens (tertiary/aromatic N) is 4. The molecule has 0 radical (unpaired) electrons. The molecule has 0 saturated carbocycles. The number of fused-ring (bicyclic) bond motifs is 1. The van der Waals surface area contributed by atoms with Crippen molar-refractivity contribution in [2.24, 2.45) is 5.41 Å². The van der Waals surface area contributed by atoms with E-state index in [-0.39, 0.29) is 11.3 Å². The summed E-state index contributed by atoms with van der Waals surface area (Å²) in [7, 11) is 1.62. The van der Waals surface area contributed by atoms with Crippen molar-refractivity contribution in [1.29, 1.82) is 0 Å². The van der Waals surface area contributed by atoms with E-state index in [4.69, 9.17) is 14.2 Å². The van der Waals surface area contributed by atoms with Gasteiger partial charge in [-0.2, -0.15) is 0 Å². The van der Waals surface area contributed by atoms with Gasteiger partial charge in [-0.25, -0.2) is 9.97 Å². The van der Waals surface area contributed by atoms with Gasteiger partial charge in [0.1, 0.15) is 6.33 Å². The van der Waals surface area contributed by atoms with Gasteiger partial charge in [0.05, 0.1) is 38.1 Å². The Bertz CT molecular complexity index is 1220. The number of ether oxygens (including phenoxy) is 3. The molecule has 0 atom stereocenters. The molecular weight excluding hydrogens is 536 g/mol. The van der Waals surface area contributed by atoms with Gasteiger partial charge in [-0.15, -0.1) is 0 Å². The molecule has 3 aromatic rings. The van der Waals surface area contributed by atoms with Crippen LogP contribution >= 0.6 is 15.9 Å². The van der Waals surface area contributed by atoms with Gasteiger partial charge in [0.15, 0.2) is 17.3 Å². The number of benzene rings is 2. The number of hydrogen-bond donors (Lipinski definition) is 0. The van der Waals surface area contributed by atoms with Crippen molar-refractivity contribution in [2.75, 3.05) is 51.5 Å². The highest BCUT2D eigenvalue weighted by atomic mass is 79.9. The van der Waals surface area contributed by atoms with Crippen LogP contribution in [-0.4, -0.2) is 67.3 Å². The van der Waals surface area contributed by atoms with Crippen molar-refractivity contribution >= 4 is 44.2 Å². The van der Waals surface area contributed by atoms with Gasteiger partial charge in [0.2, 0.25) is 5.91 Å². The van der Waals surface area contributed by atoms with Crippen LogP contribution in [-0.2, 0) is 9.53 Å². The van der Waals surface area contributed by atoms with Gasteiger partial charge in [0.25, 0.3) is 0 Å². The van der Waals surface area contributed by atoms with E-state index in [1.165, 1.54) is 6.33 Å². The molecule has 4 rings (SSSR count). The average Bonchev–Trinajstić information content (AvgIpc) is 2.86. The van der Waals surface area contributed by atoms with Crippen molar-refractivity contribution in [2.45, 2.75) is 33.6 Å². The van der Waals surface area contributed by atoms with Crippen molar-refractivity contribution < 1.29 is 19.0 Å². The van der Waals surface area contributed by atoms with Crippen LogP contribution in [0, 0.1) is 5.41 Å². The van der Waals surface area contributed by atoms with Crippen LogP contribution in [0.3, 0.4) is 0 Å². The summed E-state index contributed by atoms with van der Waals surface area (Å²) in [5, 5.41) is 0.716. The largest absolute Gasteiger partial charge is 0.493 e. The Labute approximate surface area is 227 Å². The number of hydrogen-bond acceptors (Lipinski definition) is 7. The Morgan fingerprint density at radius 3 is 2.62 bits per heavy atom. The minimum Gasteiger partial charge on any atom is -0.493 e. The summed E-state index contributed by atoms with van der Waals surface area (Å²) in [4.78, 5) is 26.8. The number of aromatic nitrogens is 2. The zero-order valence-corrected chi connectivity index (χ0v) is 23.6.